The minimum absolute atomic E-state index is 0.0292. The quantitative estimate of drug-likeness (QED) is 0.860. The number of hydrogen-bond donors (Lipinski definition) is 0. The van der Waals surface area contributed by atoms with E-state index in [9.17, 15) is 4.79 Å². The number of para-hydroxylation sites is 1. The van der Waals surface area contributed by atoms with Gasteiger partial charge >= 0.3 is 0 Å². The third-order valence-electron chi connectivity index (χ3n) is 5.55. The first kappa shape index (κ1) is 14.8. The van der Waals surface area contributed by atoms with E-state index in [4.69, 9.17) is 4.74 Å². The highest BCUT2D eigenvalue weighted by Gasteiger charge is 2.36. The molecule has 5 heterocycles. The van der Waals surface area contributed by atoms with Crippen molar-refractivity contribution >= 4 is 17.4 Å². The number of amides is 1. The Morgan fingerprint density at radius 3 is 2.60 bits per heavy atom. The molecule has 4 aliphatic rings. The normalized spacial score (nSPS) is 27.4. The standard InChI is InChI=1S/C19H20N4O2/c24-19-11-14-3-1-2-4-15(14)23(19)17-5-6-18(21-20-17)25-16-12-22-9-7-13(16)8-10-22/h1-6,13,16H,7-12H2/t16-/m0/s1. The van der Waals surface area contributed by atoms with E-state index in [2.05, 4.69) is 15.1 Å². The molecule has 6 nitrogen and oxygen atoms in total. The molecule has 1 amide bonds. The molecule has 0 radical (unpaired) electrons. The van der Waals surface area contributed by atoms with Crippen molar-refractivity contribution in [2.75, 3.05) is 24.5 Å². The van der Waals surface area contributed by atoms with Crippen LogP contribution in [-0.4, -0.2) is 46.7 Å². The van der Waals surface area contributed by atoms with Crippen LogP contribution in [0.15, 0.2) is 36.4 Å². The van der Waals surface area contributed by atoms with E-state index in [-0.39, 0.29) is 12.0 Å². The molecule has 1 aromatic heterocycles. The molecule has 4 aliphatic heterocycles. The number of anilines is 2. The Hall–Kier alpha value is -2.47. The summed E-state index contributed by atoms with van der Waals surface area (Å²) in [6, 6.07) is 11.5. The molecule has 25 heavy (non-hydrogen) atoms. The van der Waals surface area contributed by atoms with Gasteiger partial charge in [-0.05, 0) is 49.5 Å². The highest BCUT2D eigenvalue weighted by Crippen LogP contribution is 2.34. The van der Waals surface area contributed by atoms with Gasteiger partial charge in [-0.3, -0.25) is 14.6 Å². The molecule has 2 bridgehead atoms. The molecule has 1 aromatic carbocycles. The van der Waals surface area contributed by atoms with Crippen molar-refractivity contribution in [3.63, 3.8) is 0 Å². The van der Waals surface area contributed by atoms with Crippen molar-refractivity contribution in [1.82, 2.24) is 15.1 Å². The smallest absolute Gasteiger partial charge is 0.237 e. The molecule has 0 N–H and O–H groups in total. The molecule has 6 heteroatoms. The number of benzene rings is 1. The SMILES string of the molecule is O=C1Cc2ccccc2N1c1ccc(O[C@H]2CN3CCC2CC3)nn1. The monoisotopic (exact) mass is 336 g/mol. The minimum atomic E-state index is 0.0292. The lowest BCUT2D eigenvalue weighted by molar-refractivity contribution is -0.116. The maximum Gasteiger partial charge on any atom is 0.237 e. The first-order valence-electron chi connectivity index (χ1n) is 8.91. The fourth-order valence-electron chi connectivity index (χ4n) is 4.20. The van der Waals surface area contributed by atoms with Gasteiger partial charge in [-0.25, -0.2) is 0 Å². The Bertz CT molecular complexity index is 799. The van der Waals surface area contributed by atoms with Crippen molar-refractivity contribution in [3.8, 4) is 5.88 Å². The molecule has 1 atom stereocenters. The Morgan fingerprint density at radius 1 is 1.04 bits per heavy atom. The van der Waals surface area contributed by atoms with Gasteiger partial charge in [0, 0.05) is 12.6 Å². The topological polar surface area (TPSA) is 58.6 Å². The number of nitrogens with zero attached hydrogens (tertiary/aromatic N) is 4. The van der Waals surface area contributed by atoms with E-state index in [1.807, 2.05) is 36.4 Å². The zero-order valence-corrected chi connectivity index (χ0v) is 14.0. The van der Waals surface area contributed by atoms with Crippen LogP contribution in [0.2, 0.25) is 0 Å². The number of piperidine rings is 3. The summed E-state index contributed by atoms with van der Waals surface area (Å²) in [5.41, 5.74) is 1.93. The third-order valence-corrected chi connectivity index (χ3v) is 5.55. The Morgan fingerprint density at radius 2 is 1.88 bits per heavy atom. The molecule has 0 saturated carbocycles. The Kier molecular flexibility index (Phi) is 3.45. The van der Waals surface area contributed by atoms with E-state index in [1.54, 1.807) is 4.90 Å². The second kappa shape index (κ2) is 5.81. The lowest BCUT2D eigenvalue weighted by Crippen LogP contribution is -2.52. The van der Waals surface area contributed by atoms with Crippen LogP contribution in [0, 0.1) is 5.92 Å². The van der Waals surface area contributed by atoms with Crippen molar-refractivity contribution < 1.29 is 9.53 Å². The fourth-order valence-corrected chi connectivity index (χ4v) is 4.20. The zero-order chi connectivity index (χ0) is 16.8. The van der Waals surface area contributed by atoms with Crippen LogP contribution in [0.1, 0.15) is 18.4 Å². The van der Waals surface area contributed by atoms with Gasteiger partial charge in [0.15, 0.2) is 5.82 Å². The fraction of sp³-hybridized carbons (Fsp3) is 0.421. The number of hydrogen-bond acceptors (Lipinski definition) is 5. The number of ether oxygens (including phenoxy) is 1. The second-order valence-corrected chi connectivity index (χ2v) is 7.06. The van der Waals surface area contributed by atoms with E-state index < -0.39 is 0 Å². The number of fused-ring (bicyclic) bond motifs is 4. The van der Waals surface area contributed by atoms with Crippen molar-refractivity contribution in [3.05, 3.63) is 42.0 Å². The predicted molar refractivity (Wildman–Crippen MR) is 92.9 cm³/mol. The number of carbonyl (C=O) groups is 1. The van der Waals surface area contributed by atoms with Crippen LogP contribution in [0.5, 0.6) is 5.88 Å². The van der Waals surface area contributed by atoms with Gasteiger partial charge in [0.2, 0.25) is 11.8 Å². The van der Waals surface area contributed by atoms with E-state index in [0.717, 1.165) is 17.8 Å². The molecule has 6 rings (SSSR count). The molecular formula is C19H20N4O2. The first-order valence-corrected chi connectivity index (χ1v) is 8.91. The van der Waals surface area contributed by atoms with E-state index in [1.165, 1.54) is 25.9 Å². The number of aromatic nitrogens is 2. The summed E-state index contributed by atoms with van der Waals surface area (Å²) in [5.74, 6) is 1.75. The van der Waals surface area contributed by atoms with Crippen molar-refractivity contribution in [1.29, 1.82) is 0 Å². The van der Waals surface area contributed by atoms with Crippen LogP contribution in [0.3, 0.4) is 0 Å². The third kappa shape index (κ3) is 2.57. The molecule has 0 unspecified atom stereocenters. The summed E-state index contributed by atoms with van der Waals surface area (Å²) < 4.78 is 6.08. The highest BCUT2D eigenvalue weighted by molar-refractivity contribution is 6.06. The average Bonchev–Trinajstić information content (AvgIpc) is 2.99. The van der Waals surface area contributed by atoms with Gasteiger partial charge in [0.25, 0.3) is 0 Å². The number of rotatable bonds is 3. The van der Waals surface area contributed by atoms with Crippen LogP contribution in [-0.2, 0) is 11.2 Å². The van der Waals surface area contributed by atoms with E-state index in [0.29, 0.717) is 24.0 Å². The van der Waals surface area contributed by atoms with Gasteiger partial charge in [0.1, 0.15) is 6.10 Å². The van der Waals surface area contributed by atoms with Crippen LogP contribution in [0.4, 0.5) is 11.5 Å². The van der Waals surface area contributed by atoms with Gasteiger partial charge in [0.05, 0.1) is 12.1 Å². The molecule has 3 fully saturated rings. The van der Waals surface area contributed by atoms with Gasteiger partial charge in [-0.15, -0.1) is 10.2 Å². The lowest BCUT2D eigenvalue weighted by Gasteiger charge is -2.44. The lowest BCUT2D eigenvalue weighted by atomic mass is 9.86. The van der Waals surface area contributed by atoms with Gasteiger partial charge < -0.3 is 4.74 Å². The Balaban J connectivity index is 1.35. The van der Waals surface area contributed by atoms with Crippen LogP contribution < -0.4 is 9.64 Å². The molecule has 0 aliphatic carbocycles. The maximum absolute atomic E-state index is 12.3. The Labute approximate surface area is 146 Å². The van der Waals surface area contributed by atoms with Gasteiger partial charge in [-0.2, -0.15) is 0 Å². The van der Waals surface area contributed by atoms with Gasteiger partial charge in [-0.1, -0.05) is 18.2 Å². The second-order valence-electron chi connectivity index (χ2n) is 7.06. The van der Waals surface area contributed by atoms with E-state index >= 15 is 0 Å². The minimum Gasteiger partial charge on any atom is -0.472 e. The highest BCUT2D eigenvalue weighted by atomic mass is 16.5. The van der Waals surface area contributed by atoms with Crippen molar-refractivity contribution in [2.24, 2.45) is 5.92 Å². The summed E-state index contributed by atoms with van der Waals surface area (Å²) >= 11 is 0. The predicted octanol–water partition coefficient (Wildman–Crippen LogP) is 2.17. The maximum atomic E-state index is 12.3. The average molecular weight is 336 g/mol. The molecule has 0 spiro atoms. The van der Waals surface area contributed by atoms with Crippen LogP contribution in [0.25, 0.3) is 0 Å². The summed E-state index contributed by atoms with van der Waals surface area (Å²) in [6.07, 6.45) is 3.02. The molecular weight excluding hydrogens is 316 g/mol. The number of carbonyl (C=O) groups excluding carboxylic acids is 1. The summed E-state index contributed by atoms with van der Waals surface area (Å²) in [4.78, 5) is 16.4. The summed E-state index contributed by atoms with van der Waals surface area (Å²) in [7, 11) is 0. The zero-order valence-electron chi connectivity index (χ0n) is 14.0. The summed E-state index contributed by atoms with van der Waals surface area (Å²) in [6.45, 7) is 3.35. The largest absolute Gasteiger partial charge is 0.472 e. The summed E-state index contributed by atoms with van der Waals surface area (Å²) in [5, 5.41) is 8.48. The molecule has 128 valence electrons. The van der Waals surface area contributed by atoms with Crippen LogP contribution >= 0.6 is 0 Å². The molecule has 2 aromatic rings. The molecule has 3 saturated heterocycles. The first-order chi connectivity index (χ1) is 12.3. The van der Waals surface area contributed by atoms with Crippen molar-refractivity contribution in [2.45, 2.75) is 25.4 Å².